The highest BCUT2D eigenvalue weighted by Gasteiger charge is 2.69. The third-order valence-corrected chi connectivity index (χ3v) is 5.57. The van der Waals surface area contributed by atoms with E-state index in [1.165, 1.54) is 26.4 Å². The number of hydrogen-bond acceptors (Lipinski definition) is 8. The van der Waals surface area contributed by atoms with Crippen molar-refractivity contribution in [3.8, 4) is 23.0 Å². The molecule has 2 fully saturated rings. The fraction of sp³-hybridized carbons (Fsp3) is 0.400. The molecule has 2 saturated heterocycles. The van der Waals surface area contributed by atoms with E-state index in [1.807, 2.05) is 0 Å². The van der Waals surface area contributed by atoms with Gasteiger partial charge in [0, 0.05) is 0 Å². The highest BCUT2D eigenvalue weighted by atomic mass is 16.6. The zero-order valence-electron chi connectivity index (χ0n) is 15.5. The van der Waals surface area contributed by atoms with Gasteiger partial charge in [-0.15, -0.1) is 0 Å². The molecule has 0 spiro atoms. The van der Waals surface area contributed by atoms with Crippen molar-refractivity contribution in [2.75, 3.05) is 27.4 Å². The molecule has 0 radical (unpaired) electrons. The molecule has 0 bridgehead atoms. The van der Waals surface area contributed by atoms with Crippen LogP contribution in [0, 0.1) is 0 Å². The number of aliphatic hydroxyl groups is 2. The van der Waals surface area contributed by atoms with E-state index in [2.05, 4.69) is 0 Å². The molecule has 2 aliphatic heterocycles. The van der Waals surface area contributed by atoms with Crippen molar-refractivity contribution in [1.82, 2.24) is 0 Å². The molecule has 150 valence electrons. The first-order valence-corrected chi connectivity index (χ1v) is 8.76. The number of methoxy groups -OCH3 is 2. The minimum Gasteiger partial charge on any atom is -0.504 e. The molecule has 2 aliphatic rings. The first-order chi connectivity index (χ1) is 13.3. The van der Waals surface area contributed by atoms with Crippen molar-refractivity contribution in [3.63, 3.8) is 0 Å². The molecule has 0 aromatic heterocycles. The van der Waals surface area contributed by atoms with Gasteiger partial charge in [-0.25, -0.2) is 0 Å². The van der Waals surface area contributed by atoms with Gasteiger partial charge in [0.15, 0.2) is 34.2 Å². The van der Waals surface area contributed by atoms with Crippen LogP contribution in [-0.4, -0.2) is 59.1 Å². The average Bonchev–Trinajstić information content (AvgIpc) is 3.10. The maximum absolute atomic E-state index is 11.4. The van der Waals surface area contributed by atoms with Crippen molar-refractivity contribution in [2.45, 2.75) is 23.4 Å². The van der Waals surface area contributed by atoms with Crippen molar-refractivity contribution >= 4 is 0 Å². The Labute approximate surface area is 161 Å². The minimum absolute atomic E-state index is 0.0387. The molecule has 2 aromatic rings. The number of fused-ring (bicyclic) bond motifs is 1. The predicted molar refractivity (Wildman–Crippen MR) is 96.6 cm³/mol. The summed E-state index contributed by atoms with van der Waals surface area (Å²) in [6.07, 6.45) is -1.76. The van der Waals surface area contributed by atoms with E-state index >= 15 is 0 Å². The molecule has 28 heavy (non-hydrogen) atoms. The molecule has 4 rings (SSSR count). The number of phenolic OH excluding ortho intramolecular Hbond substituents is 2. The maximum atomic E-state index is 11.4. The lowest BCUT2D eigenvalue weighted by Gasteiger charge is -2.34. The largest absolute Gasteiger partial charge is 0.504 e. The van der Waals surface area contributed by atoms with Crippen LogP contribution in [0.5, 0.6) is 23.0 Å². The SMILES string of the molecule is COc1cc([C@H]2OC[C@]3(O)[C@@H](c4ccc(O)c(OC)c4)OC[C@]23O)ccc1O. The average molecular weight is 390 g/mol. The topological polar surface area (TPSA) is 118 Å². The predicted octanol–water partition coefficient (Wildman–Crippen LogP) is 1.42. The Kier molecular flexibility index (Phi) is 4.39. The summed E-state index contributed by atoms with van der Waals surface area (Å²) in [6, 6.07) is 9.19. The summed E-state index contributed by atoms with van der Waals surface area (Å²) in [5.41, 5.74) is -2.35. The third kappa shape index (κ3) is 2.53. The minimum atomic E-state index is -1.72. The maximum Gasteiger partial charge on any atom is 0.160 e. The Hall–Kier alpha value is -2.52. The Bertz CT molecular complexity index is 826. The Morgan fingerprint density at radius 3 is 1.54 bits per heavy atom. The lowest BCUT2D eigenvalue weighted by Crippen LogP contribution is -2.54. The third-order valence-electron chi connectivity index (χ3n) is 5.57. The number of aromatic hydroxyl groups is 2. The molecule has 0 amide bonds. The molecule has 0 saturated carbocycles. The van der Waals surface area contributed by atoms with Gasteiger partial charge in [-0.05, 0) is 35.4 Å². The number of rotatable bonds is 4. The van der Waals surface area contributed by atoms with E-state index in [0.29, 0.717) is 11.1 Å². The summed E-state index contributed by atoms with van der Waals surface area (Å²) < 4.78 is 21.8. The van der Waals surface area contributed by atoms with Gasteiger partial charge in [-0.1, -0.05) is 12.1 Å². The van der Waals surface area contributed by atoms with E-state index in [9.17, 15) is 20.4 Å². The van der Waals surface area contributed by atoms with Crippen molar-refractivity contribution in [2.24, 2.45) is 0 Å². The van der Waals surface area contributed by atoms with Crippen LogP contribution in [0.3, 0.4) is 0 Å². The van der Waals surface area contributed by atoms with E-state index in [1.54, 1.807) is 24.3 Å². The highest BCUT2D eigenvalue weighted by Crippen LogP contribution is 2.56. The van der Waals surface area contributed by atoms with Crippen molar-refractivity contribution < 1.29 is 39.4 Å². The fourth-order valence-electron chi connectivity index (χ4n) is 4.01. The summed E-state index contributed by atoms with van der Waals surface area (Å²) >= 11 is 0. The summed E-state index contributed by atoms with van der Waals surface area (Å²) in [5.74, 6) is 0.393. The first kappa shape index (κ1) is 18.8. The number of phenols is 2. The Morgan fingerprint density at radius 1 is 0.786 bits per heavy atom. The first-order valence-electron chi connectivity index (χ1n) is 8.76. The zero-order valence-corrected chi connectivity index (χ0v) is 15.5. The van der Waals surface area contributed by atoms with Crippen LogP contribution in [0.25, 0.3) is 0 Å². The van der Waals surface area contributed by atoms with E-state index in [0.717, 1.165) is 0 Å². The van der Waals surface area contributed by atoms with Gasteiger partial charge >= 0.3 is 0 Å². The summed E-state index contributed by atoms with van der Waals surface area (Å²) in [6.45, 7) is -0.323. The van der Waals surface area contributed by atoms with Crippen LogP contribution in [-0.2, 0) is 9.47 Å². The molecule has 8 nitrogen and oxygen atoms in total. The van der Waals surface area contributed by atoms with Crippen molar-refractivity contribution in [3.05, 3.63) is 47.5 Å². The lowest BCUT2D eigenvalue weighted by molar-refractivity contribution is -0.113. The Morgan fingerprint density at radius 2 is 1.18 bits per heavy atom. The van der Waals surface area contributed by atoms with Crippen LogP contribution in [0.2, 0.25) is 0 Å². The van der Waals surface area contributed by atoms with Crippen LogP contribution in [0.1, 0.15) is 23.3 Å². The molecule has 0 unspecified atom stereocenters. The molecule has 4 atom stereocenters. The zero-order chi connectivity index (χ0) is 20.1. The Balaban J connectivity index is 1.70. The van der Waals surface area contributed by atoms with E-state index < -0.39 is 23.4 Å². The van der Waals surface area contributed by atoms with Gasteiger partial charge in [-0.2, -0.15) is 0 Å². The fourth-order valence-corrected chi connectivity index (χ4v) is 4.01. The number of ether oxygens (including phenoxy) is 4. The molecule has 2 aromatic carbocycles. The molecular formula is C20H22O8. The van der Waals surface area contributed by atoms with Crippen LogP contribution < -0.4 is 9.47 Å². The van der Waals surface area contributed by atoms with Gasteiger partial charge < -0.3 is 39.4 Å². The van der Waals surface area contributed by atoms with Gasteiger partial charge in [0.1, 0.15) is 12.2 Å². The normalized spacial score (nSPS) is 31.6. The van der Waals surface area contributed by atoms with E-state index in [4.69, 9.17) is 18.9 Å². The van der Waals surface area contributed by atoms with Gasteiger partial charge in [0.2, 0.25) is 0 Å². The number of benzene rings is 2. The second-order valence-electron chi connectivity index (χ2n) is 7.09. The van der Waals surface area contributed by atoms with Gasteiger partial charge in [0.05, 0.1) is 27.4 Å². The van der Waals surface area contributed by atoms with Gasteiger partial charge in [-0.3, -0.25) is 0 Å². The second-order valence-corrected chi connectivity index (χ2v) is 7.09. The molecule has 2 heterocycles. The smallest absolute Gasteiger partial charge is 0.160 e. The standard InChI is InChI=1S/C20H22O8/c1-25-15-7-11(3-5-13(15)21)17-19(23)9-28-18(20(19,24)10-27-17)12-4-6-14(22)16(8-12)26-2/h3-8,17-18,21-24H,9-10H2,1-2H3/t17-,18-,19+,20+/m1/s1. The summed E-state index contributed by atoms with van der Waals surface area (Å²) in [4.78, 5) is 0. The number of hydrogen-bond donors (Lipinski definition) is 4. The quantitative estimate of drug-likeness (QED) is 0.619. The van der Waals surface area contributed by atoms with Gasteiger partial charge in [0.25, 0.3) is 0 Å². The van der Waals surface area contributed by atoms with Crippen molar-refractivity contribution in [1.29, 1.82) is 0 Å². The molecule has 8 heteroatoms. The van der Waals surface area contributed by atoms with Crippen LogP contribution >= 0.6 is 0 Å². The molecule has 4 N–H and O–H groups in total. The summed E-state index contributed by atoms with van der Waals surface area (Å²) in [7, 11) is 2.85. The molecular weight excluding hydrogens is 368 g/mol. The van der Waals surface area contributed by atoms with Crippen LogP contribution in [0.15, 0.2) is 36.4 Å². The van der Waals surface area contributed by atoms with E-state index in [-0.39, 0.29) is 36.2 Å². The van der Waals surface area contributed by atoms with Crippen LogP contribution in [0.4, 0.5) is 0 Å². The molecule has 0 aliphatic carbocycles. The second kappa shape index (κ2) is 6.52. The highest BCUT2D eigenvalue weighted by molar-refractivity contribution is 5.46. The monoisotopic (exact) mass is 390 g/mol. The summed E-state index contributed by atoms with van der Waals surface area (Å²) in [5, 5.41) is 42.3. The lowest BCUT2D eigenvalue weighted by atomic mass is 9.77.